The summed E-state index contributed by atoms with van der Waals surface area (Å²) in [4.78, 5) is 13.2. The molecule has 3 aromatic carbocycles. The van der Waals surface area contributed by atoms with Crippen LogP contribution in [0.2, 0.25) is 0 Å². The number of hydrogen-bond donors (Lipinski definition) is 1. The lowest BCUT2D eigenvalue weighted by Crippen LogP contribution is -2.49. The van der Waals surface area contributed by atoms with E-state index in [9.17, 15) is 13.2 Å². The van der Waals surface area contributed by atoms with Crippen molar-refractivity contribution in [1.82, 2.24) is 0 Å². The molecular weight excluding hydrogens is 436 g/mol. The number of carbonyl (C=O) groups excluding carboxylic acids is 1. The molecule has 1 aliphatic rings. The summed E-state index contributed by atoms with van der Waals surface area (Å²) in [7, 11) is -3.91. The van der Waals surface area contributed by atoms with Crippen LogP contribution in [0.5, 0.6) is 5.75 Å². The largest absolute Gasteiger partial charge is 0.476 e. The van der Waals surface area contributed by atoms with Crippen LogP contribution >= 0.6 is 0 Å². The van der Waals surface area contributed by atoms with Gasteiger partial charge in [-0.15, -0.1) is 0 Å². The smallest absolute Gasteiger partial charge is 0.267 e. The Kier molecular flexibility index (Phi) is 5.93. The Labute approximate surface area is 195 Å². The molecule has 0 aromatic heterocycles. The van der Waals surface area contributed by atoms with Gasteiger partial charge >= 0.3 is 0 Å². The molecule has 7 heteroatoms. The van der Waals surface area contributed by atoms with Gasteiger partial charge < -0.3 is 10.1 Å². The van der Waals surface area contributed by atoms with Crippen LogP contribution in [0.4, 0.5) is 11.4 Å². The fourth-order valence-corrected chi connectivity index (χ4v) is 5.15. The zero-order chi connectivity index (χ0) is 23.8. The molecule has 1 aliphatic heterocycles. The van der Waals surface area contributed by atoms with Crippen LogP contribution in [-0.4, -0.2) is 27.0 Å². The van der Waals surface area contributed by atoms with E-state index in [0.29, 0.717) is 17.1 Å². The molecule has 0 fully saturated rings. The number of anilines is 2. The first-order valence-electron chi connectivity index (χ1n) is 10.8. The van der Waals surface area contributed by atoms with Crippen LogP contribution in [0.3, 0.4) is 0 Å². The summed E-state index contributed by atoms with van der Waals surface area (Å²) in [6.07, 6.45) is -1.00. The number of fused-ring (bicyclic) bond motifs is 1. The predicted molar refractivity (Wildman–Crippen MR) is 130 cm³/mol. The van der Waals surface area contributed by atoms with Crippen LogP contribution in [0.25, 0.3) is 0 Å². The average Bonchev–Trinajstić information content (AvgIpc) is 2.79. The van der Waals surface area contributed by atoms with Gasteiger partial charge in [-0.25, -0.2) is 8.42 Å². The van der Waals surface area contributed by atoms with Crippen molar-refractivity contribution in [1.29, 1.82) is 0 Å². The highest BCUT2D eigenvalue weighted by Gasteiger charge is 2.38. The minimum absolute atomic E-state index is 0.129. The maximum Gasteiger partial charge on any atom is 0.267 e. The van der Waals surface area contributed by atoms with Gasteiger partial charge in [-0.2, -0.15) is 0 Å². The van der Waals surface area contributed by atoms with E-state index in [2.05, 4.69) is 26.1 Å². The maximum atomic E-state index is 13.6. The summed E-state index contributed by atoms with van der Waals surface area (Å²) >= 11 is 0. The van der Waals surface area contributed by atoms with Crippen LogP contribution in [0.1, 0.15) is 31.9 Å². The second kappa shape index (κ2) is 8.56. The van der Waals surface area contributed by atoms with Crippen LogP contribution in [0.15, 0.2) is 77.7 Å². The molecule has 4 rings (SSSR count). The van der Waals surface area contributed by atoms with Gasteiger partial charge in [-0.05, 0) is 54.3 Å². The van der Waals surface area contributed by atoms with Crippen molar-refractivity contribution < 1.29 is 17.9 Å². The van der Waals surface area contributed by atoms with Gasteiger partial charge in [-0.1, -0.05) is 62.7 Å². The van der Waals surface area contributed by atoms with Gasteiger partial charge in [0.25, 0.3) is 15.9 Å². The van der Waals surface area contributed by atoms with E-state index in [-0.39, 0.29) is 16.9 Å². The second-order valence-electron chi connectivity index (χ2n) is 9.24. The normalized spacial score (nSPS) is 16.0. The summed E-state index contributed by atoms with van der Waals surface area (Å²) in [5, 5.41) is 2.83. The predicted octanol–water partition coefficient (Wildman–Crippen LogP) is 4.89. The van der Waals surface area contributed by atoms with Crippen molar-refractivity contribution in [2.24, 2.45) is 0 Å². The molecule has 1 N–H and O–H groups in total. The first-order valence-corrected chi connectivity index (χ1v) is 12.3. The Bertz CT molecular complexity index is 1260. The fourth-order valence-electron chi connectivity index (χ4n) is 3.66. The molecule has 0 aliphatic carbocycles. The SMILES string of the molecule is Cc1ccc(NC(=O)[C@H]2CN(S(=O)(=O)c3ccccc3)c3cc(C(C)(C)C)ccc3O2)cc1. The number of aryl methyl sites for hydroxylation is 1. The number of carbonyl (C=O) groups is 1. The van der Waals surface area contributed by atoms with Gasteiger partial charge in [0.05, 0.1) is 17.1 Å². The van der Waals surface area contributed by atoms with Gasteiger partial charge in [0.1, 0.15) is 5.75 Å². The minimum atomic E-state index is -3.91. The summed E-state index contributed by atoms with van der Waals surface area (Å²) in [6, 6.07) is 21.1. The third kappa shape index (κ3) is 4.73. The lowest BCUT2D eigenvalue weighted by Gasteiger charge is -2.36. The highest BCUT2D eigenvalue weighted by Crippen LogP contribution is 2.40. The molecule has 33 heavy (non-hydrogen) atoms. The van der Waals surface area contributed by atoms with Gasteiger partial charge in [0, 0.05) is 5.69 Å². The summed E-state index contributed by atoms with van der Waals surface area (Å²) in [5.41, 5.74) is 2.93. The molecular formula is C26H28N2O4S. The number of hydrogen-bond acceptors (Lipinski definition) is 4. The molecule has 6 nitrogen and oxygen atoms in total. The van der Waals surface area contributed by atoms with Crippen molar-refractivity contribution in [3.8, 4) is 5.75 Å². The Morgan fingerprint density at radius 3 is 2.30 bits per heavy atom. The standard InChI is InChI=1S/C26H28N2O4S/c1-18-10-13-20(14-11-18)27-25(29)24-17-28(33(30,31)21-8-6-5-7-9-21)22-16-19(26(2,3)4)12-15-23(22)32-24/h5-16,24H,17H2,1-4H3,(H,27,29)/t24-/m1/s1. The summed E-state index contributed by atoms with van der Waals surface area (Å²) < 4.78 is 34.5. The second-order valence-corrected chi connectivity index (χ2v) is 11.1. The number of amides is 1. The third-order valence-electron chi connectivity index (χ3n) is 5.64. The number of ether oxygens (including phenoxy) is 1. The van der Waals surface area contributed by atoms with Crippen LogP contribution < -0.4 is 14.4 Å². The highest BCUT2D eigenvalue weighted by atomic mass is 32.2. The lowest BCUT2D eigenvalue weighted by atomic mass is 9.86. The zero-order valence-corrected chi connectivity index (χ0v) is 20.0. The molecule has 0 saturated heterocycles. The highest BCUT2D eigenvalue weighted by molar-refractivity contribution is 7.92. The number of rotatable bonds is 4. The molecule has 172 valence electrons. The fraction of sp³-hybridized carbons (Fsp3) is 0.269. The number of nitrogens with zero attached hydrogens (tertiary/aromatic N) is 1. The number of sulfonamides is 1. The number of nitrogens with one attached hydrogen (secondary N) is 1. The van der Waals surface area contributed by atoms with Crippen LogP contribution in [-0.2, 0) is 20.2 Å². The molecule has 0 bridgehead atoms. The van der Waals surface area contributed by atoms with E-state index in [1.54, 1.807) is 48.5 Å². The van der Waals surface area contributed by atoms with E-state index in [1.807, 2.05) is 31.2 Å². The van der Waals surface area contributed by atoms with E-state index in [4.69, 9.17) is 4.74 Å². The van der Waals surface area contributed by atoms with Crippen molar-refractivity contribution in [2.45, 2.75) is 44.1 Å². The monoisotopic (exact) mass is 464 g/mol. The Morgan fingerprint density at radius 1 is 1.00 bits per heavy atom. The van der Waals surface area contributed by atoms with Crippen molar-refractivity contribution in [3.63, 3.8) is 0 Å². The first kappa shape index (κ1) is 22.9. The Hall–Kier alpha value is -3.32. The van der Waals surface area contributed by atoms with Gasteiger partial charge in [-0.3, -0.25) is 9.10 Å². The van der Waals surface area contributed by atoms with E-state index >= 15 is 0 Å². The first-order chi connectivity index (χ1) is 15.6. The van der Waals surface area contributed by atoms with E-state index in [1.165, 1.54) is 4.31 Å². The Morgan fingerprint density at radius 2 is 1.67 bits per heavy atom. The molecule has 1 heterocycles. The quantitative estimate of drug-likeness (QED) is 0.597. The van der Waals surface area contributed by atoms with E-state index in [0.717, 1.165) is 11.1 Å². The summed E-state index contributed by atoms with van der Waals surface area (Å²) in [5.74, 6) is -0.0459. The molecule has 0 saturated carbocycles. The number of benzene rings is 3. The molecule has 0 unspecified atom stereocenters. The third-order valence-corrected chi connectivity index (χ3v) is 7.43. The molecule has 1 atom stereocenters. The van der Waals surface area contributed by atoms with Gasteiger partial charge in [0.2, 0.25) is 0 Å². The van der Waals surface area contributed by atoms with E-state index < -0.39 is 22.0 Å². The zero-order valence-electron chi connectivity index (χ0n) is 19.2. The molecule has 0 radical (unpaired) electrons. The van der Waals surface area contributed by atoms with Crippen molar-refractivity contribution in [3.05, 3.63) is 83.9 Å². The maximum absolute atomic E-state index is 13.6. The molecule has 3 aromatic rings. The molecule has 1 amide bonds. The van der Waals surface area contributed by atoms with Crippen LogP contribution in [0, 0.1) is 6.92 Å². The Balaban J connectivity index is 1.73. The minimum Gasteiger partial charge on any atom is -0.476 e. The van der Waals surface area contributed by atoms with Crippen molar-refractivity contribution >= 4 is 27.3 Å². The average molecular weight is 465 g/mol. The molecule has 0 spiro atoms. The topological polar surface area (TPSA) is 75.7 Å². The van der Waals surface area contributed by atoms with Crippen molar-refractivity contribution in [2.75, 3.05) is 16.2 Å². The summed E-state index contributed by atoms with van der Waals surface area (Å²) in [6.45, 7) is 8.02. The lowest BCUT2D eigenvalue weighted by molar-refractivity contribution is -0.122. The van der Waals surface area contributed by atoms with Gasteiger partial charge in [0.15, 0.2) is 6.10 Å².